The molecule has 0 spiro atoms. The summed E-state index contributed by atoms with van der Waals surface area (Å²) in [6, 6.07) is 3.91. The van der Waals surface area contributed by atoms with Gasteiger partial charge in [0.1, 0.15) is 5.75 Å². The molecule has 0 aromatic carbocycles. The zero-order chi connectivity index (χ0) is 10.6. The van der Waals surface area contributed by atoms with Gasteiger partial charge in [0.25, 0.3) is 0 Å². The summed E-state index contributed by atoms with van der Waals surface area (Å²) in [7, 11) is 0. The van der Waals surface area contributed by atoms with Gasteiger partial charge in [0, 0.05) is 18.2 Å². The van der Waals surface area contributed by atoms with Crippen molar-refractivity contribution in [3.05, 3.63) is 24.0 Å². The van der Waals surface area contributed by atoms with Crippen LogP contribution in [0.15, 0.2) is 18.3 Å². The number of pyridine rings is 1. The molecule has 2 N–H and O–H groups in total. The molecule has 1 aromatic heterocycles. The van der Waals surface area contributed by atoms with Crippen LogP contribution in [0.3, 0.4) is 0 Å². The molecule has 1 atom stereocenters. The van der Waals surface area contributed by atoms with Gasteiger partial charge in [-0.2, -0.15) is 0 Å². The SMILES string of the molecule is CC(C)Oc1ccc(C(C)CN)nc1. The van der Waals surface area contributed by atoms with Gasteiger partial charge in [-0.1, -0.05) is 6.92 Å². The predicted octanol–water partition coefficient (Wildman–Crippen LogP) is 1.93. The van der Waals surface area contributed by atoms with E-state index in [1.165, 1.54) is 0 Å². The summed E-state index contributed by atoms with van der Waals surface area (Å²) in [5.74, 6) is 1.12. The summed E-state index contributed by atoms with van der Waals surface area (Å²) < 4.78 is 5.49. The van der Waals surface area contributed by atoms with Gasteiger partial charge in [-0.25, -0.2) is 0 Å². The number of ether oxygens (including phenoxy) is 1. The molecule has 0 fully saturated rings. The van der Waals surface area contributed by atoms with E-state index in [-0.39, 0.29) is 6.10 Å². The Morgan fingerprint density at radius 1 is 1.36 bits per heavy atom. The van der Waals surface area contributed by atoms with E-state index in [0.717, 1.165) is 11.4 Å². The lowest BCUT2D eigenvalue weighted by Gasteiger charge is -2.11. The third-order valence-corrected chi connectivity index (χ3v) is 1.99. The summed E-state index contributed by atoms with van der Waals surface area (Å²) in [5.41, 5.74) is 6.57. The smallest absolute Gasteiger partial charge is 0.137 e. The highest BCUT2D eigenvalue weighted by Crippen LogP contribution is 2.15. The van der Waals surface area contributed by atoms with E-state index >= 15 is 0 Å². The zero-order valence-electron chi connectivity index (χ0n) is 9.03. The average Bonchev–Trinajstić information content (AvgIpc) is 2.17. The number of aromatic nitrogens is 1. The summed E-state index contributed by atoms with van der Waals surface area (Å²) in [6.45, 7) is 6.68. The fraction of sp³-hybridized carbons (Fsp3) is 0.545. The topological polar surface area (TPSA) is 48.1 Å². The van der Waals surface area contributed by atoms with Gasteiger partial charge in [-0.15, -0.1) is 0 Å². The molecule has 1 aromatic rings. The van der Waals surface area contributed by atoms with Crippen molar-refractivity contribution in [1.29, 1.82) is 0 Å². The molecule has 14 heavy (non-hydrogen) atoms. The van der Waals surface area contributed by atoms with Gasteiger partial charge >= 0.3 is 0 Å². The second-order valence-electron chi connectivity index (χ2n) is 3.72. The van der Waals surface area contributed by atoms with Crippen molar-refractivity contribution in [3.63, 3.8) is 0 Å². The molecule has 1 rings (SSSR count). The number of hydrogen-bond donors (Lipinski definition) is 1. The van der Waals surface area contributed by atoms with Crippen molar-refractivity contribution in [2.45, 2.75) is 32.8 Å². The number of rotatable bonds is 4. The Morgan fingerprint density at radius 2 is 2.07 bits per heavy atom. The van der Waals surface area contributed by atoms with Crippen molar-refractivity contribution in [2.24, 2.45) is 5.73 Å². The Kier molecular flexibility index (Phi) is 3.89. The number of nitrogens with two attached hydrogens (primary N) is 1. The van der Waals surface area contributed by atoms with Crippen LogP contribution in [0.2, 0.25) is 0 Å². The van der Waals surface area contributed by atoms with Gasteiger partial charge in [0.2, 0.25) is 0 Å². The fourth-order valence-corrected chi connectivity index (χ4v) is 1.15. The van der Waals surface area contributed by atoms with Gasteiger partial charge in [0.15, 0.2) is 0 Å². The first-order valence-corrected chi connectivity index (χ1v) is 4.96. The first-order valence-electron chi connectivity index (χ1n) is 4.96. The summed E-state index contributed by atoms with van der Waals surface area (Å²) in [4.78, 5) is 4.30. The molecule has 0 aliphatic heterocycles. The van der Waals surface area contributed by atoms with E-state index in [4.69, 9.17) is 10.5 Å². The second kappa shape index (κ2) is 4.96. The van der Waals surface area contributed by atoms with Gasteiger partial charge in [-0.3, -0.25) is 4.98 Å². The molecule has 78 valence electrons. The Morgan fingerprint density at radius 3 is 2.50 bits per heavy atom. The largest absolute Gasteiger partial charge is 0.489 e. The molecule has 0 aliphatic rings. The molecular weight excluding hydrogens is 176 g/mol. The van der Waals surface area contributed by atoms with Gasteiger partial charge in [-0.05, 0) is 26.0 Å². The Labute approximate surface area is 85.3 Å². The summed E-state index contributed by atoms with van der Waals surface area (Å²) in [5, 5.41) is 0. The fourth-order valence-electron chi connectivity index (χ4n) is 1.15. The predicted molar refractivity (Wildman–Crippen MR) is 57.5 cm³/mol. The summed E-state index contributed by atoms with van der Waals surface area (Å²) >= 11 is 0. The van der Waals surface area contributed by atoms with Crippen LogP contribution in [0, 0.1) is 0 Å². The highest BCUT2D eigenvalue weighted by Gasteiger charge is 2.04. The average molecular weight is 194 g/mol. The van der Waals surface area contributed by atoms with Crippen molar-refractivity contribution < 1.29 is 4.74 Å². The van der Waals surface area contributed by atoms with E-state index < -0.39 is 0 Å². The third kappa shape index (κ3) is 3.00. The number of nitrogens with zero attached hydrogens (tertiary/aromatic N) is 1. The van der Waals surface area contributed by atoms with E-state index in [1.54, 1.807) is 6.20 Å². The molecule has 1 unspecified atom stereocenters. The van der Waals surface area contributed by atoms with E-state index in [9.17, 15) is 0 Å². The Balaban J connectivity index is 2.68. The van der Waals surface area contributed by atoms with Gasteiger partial charge in [0.05, 0.1) is 12.3 Å². The Bertz CT molecular complexity index is 269. The maximum absolute atomic E-state index is 5.55. The van der Waals surface area contributed by atoms with Crippen molar-refractivity contribution >= 4 is 0 Å². The van der Waals surface area contributed by atoms with Crippen LogP contribution in [-0.2, 0) is 0 Å². The molecule has 0 aliphatic carbocycles. The molecular formula is C11H18N2O. The maximum atomic E-state index is 5.55. The van der Waals surface area contributed by atoms with Crippen molar-refractivity contribution in [2.75, 3.05) is 6.54 Å². The third-order valence-electron chi connectivity index (χ3n) is 1.99. The minimum atomic E-state index is 0.189. The lowest BCUT2D eigenvalue weighted by Crippen LogP contribution is -2.11. The van der Waals surface area contributed by atoms with Gasteiger partial charge < -0.3 is 10.5 Å². The van der Waals surface area contributed by atoms with E-state index in [1.807, 2.05) is 26.0 Å². The normalized spacial score (nSPS) is 12.9. The standard InChI is InChI=1S/C11H18N2O/c1-8(2)14-10-4-5-11(13-7-10)9(3)6-12/h4-5,7-9H,6,12H2,1-3H3. The molecule has 0 amide bonds. The van der Waals surface area contributed by atoms with Crippen LogP contribution in [0.5, 0.6) is 5.75 Å². The number of hydrogen-bond acceptors (Lipinski definition) is 3. The minimum absolute atomic E-state index is 0.189. The van der Waals surface area contributed by atoms with Crippen LogP contribution in [0.4, 0.5) is 0 Å². The maximum Gasteiger partial charge on any atom is 0.137 e. The highest BCUT2D eigenvalue weighted by atomic mass is 16.5. The molecule has 0 saturated heterocycles. The molecule has 3 nitrogen and oxygen atoms in total. The molecule has 0 radical (unpaired) electrons. The second-order valence-corrected chi connectivity index (χ2v) is 3.72. The molecule has 1 heterocycles. The molecule has 0 saturated carbocycles. The minimum Gasteiger partial charge on any atom is -0.489 e. The lowest BCUT2D eigenvalue weighted by molar-refractivity contribution is 0.241. The quantitative estimate of drug-likeness (QED) is 0.796. The van der Waals surface area contributed by atoms with E-state index in [0.29, 0.717) is 12.5 Å². The monoisotopic (exact) mass is 194 g/mol. The molecule has 0 bridgehead atoms. The molecule has 3 heteroatoms. The van der Waals surface area contributed by atoms with Crippen molar-refractivity contribution in [1.82, 2.24) is 4.98 Å². The summed E-state index contributed by atoms with van der Waals surface area (Å²) in [6.07, 6.45) is 1.94. The van der Waals surface area contributed by atoms with Crippen LogP contribution in [0.1, 0.15) is 32.4 Å². The first-order chi connectivity index (χ1) is 6.63. The van der Waals surface area contributed by atoms with Crippen molar-refractivity contribution in [3.8, 4) is 5.75 Å². The lowest BCUT2D eigenvalue weighted by atomic mass is 10.1. The zero-order valence-corrected chi connectivity index (χ0v) is 9.03. The van der Waals surface area contributed by atoms with Crippen LogP contribution < -0.4 is 10.5 Å². The van der Waals surface area contributed by atoms with Crippen LogP contribution in [0.25, 0.3) is 0 Å². The first kappa shape index (κ1) is 11.0. The van der Waals surface area contributed by atoms with Crippen LogP contribution in [-0.4, -0.2) is 17.6 Å². The highest BCUT2D eigenvalue weighted by molar-refractivity contribution is 5.21. The van der Waals surface area contributed by atoms with E-state index in [2.05, 4.69) is 11.9 Å². The Hall–Kier alpha value is -1.09. The van der Waals surface area contributed by atoms with Crippen LogP contribution >= 0.6 is 0 Å².